The fourth-order valence-corrected chi connectivity index (χ4v) is 11.0. The first-order valence-electron chi connectivity index (χ1n) is 21.5. The Morgan fingerprint density at radius 2 is 0.921 bits per heavy atom. The van der Waals surface area contributed by atoms with Crippen molar-refractivity contribution in [1.29, 1.82) is 0 Å². The van der Waals surface area contributed by atoms with Crippen LogP contribution in [0.3, 0.4) is 0 Å². The van der Waals surface area contributed by atoms with E-state index >= 15 is 0 Å². The van der Waals surface area contributed by atoms with Gasteiger partial charge in [0.05, 0.1) is 5.41 Å². The number of para-hydroxylation sites is 1. The van der Waals surface area contributed by atoms with Crippen molar-refractivity contribution >= 4 is 55.5 Å². The first-order valence-corrected chi connectivity index (χ1v) is 21.5. The van der Waals surface area contributed by atoms with Crippen molar-refractivity contribution < 1.29 is 8.83 Å². The SMILES string of the molecule is c1ccc(C2N=C(c3cccc4oc5ccc(-c6ccc7c(c6)C6(c8ccccc8-c8ccccc86)c6ccccc6-7)cc5c34)N=C(c3cccc4oc5ccccc5c34)N2)cc1. The van der Waals surface area contributed by atoms with E-state index in [9.17, 15) is 0 Å². The van der Waals surface area contributed by atoms with Crippen LogP contribution in [0.5, 0.6) is 0 Å². The molecule has 294 valence electrons. The molecular weight excluding hydrogens is 771 g/mol. The molecule has 0 bridgehead atoms. The van der Waals surface area contributed by atoms with Crippen LogP contribution in [0, 0.1) is 0 Å². The number of benzene rings is 9. The van der Waals surface area contributed by atoms with Gasteiger partial charge in [0.15, 0.2) is 5.84 Å². The normalized spacial score (nSPS) is 15.6. The molecule has 1 spiro atoms. The van der Waals surface area contributed by atoms with Gasteiger partial charge in [-0.1, -0.05) is 164 Å². The summed E-state index contributed by atoms with van der Waals surface area (Å²) < 4.78 is 13.0. The lowest BCUT2D eigenvalue weighted by Crippen LogP contribution is -2.33. The van der Waals surface area contributed by atoms with Gasteiger partial charge in [0, 0.05) is 32.7 Å². The molecule has 1 atom stereocenters. The van der Waals surface area contributed by atoms with Crippen molar-refractivity contribution in [1.82, 2.24) is 5.32 Å². The maximum atomic E-state index is 6.63. The molecule has 9 aromatic carbocycles. The second kappa shape index (κ2) is 12.9. The van der Waals surface area contributed by atoms with Gasteiger partial charge in [-0.3, -0.25) is 0 Å². The Morgan fingerprint density at radius 3 is 1.63 bits per heavy atom. The summed E-state index contributed by atoms with van der Waals surface area (Å²) in [5.41, 5.74) is 18.5. The Bertz CT molecular complexity index is 3730. The minimum atomic E-state index is -0.417. The van der Waals surface area contributed by atoms with Gasteiger partial charge in [-0.2, -0.15) is 0 Å². The molecule has 0 saturated heterocycles. The van der Waals surface area contributed by atoms with Crippen molar-refractivity contribution in [2.24, 2.45) is 9.98 Å². The van der Waals surface area contributed by atoms with E-state index in [4.69, 9.17) is 18.8 Å². The first-order chi connectivity index (χ1) is 31.2. The van der Waals surface area contributed by atoms with Crippen LogP contribution in [0.25, 0.3) is 77.3 Å². The summed E-state index contributed by atoms with van der Waals surface area (Å²) in [6.45, 7) is 0. The molecular formula is C58H35N3O2. The fraction of sp³-hybridized carbons (Fsp3) is 0.0345. The van der Waals surface area contributed by atoms with Gasteiger partial charge in [-0.15, -0.1) is 0 Å². The largest absolute Gasteiger partial charge is 0.456 e. The highest BCUT2D eigenvalue weighted by atomic mass is 16.3. The third kappa shape index (κ3) is 4.76. The smallest absolute Gasteiger partial charge is 0.160 e. The molecule has 1 N–H and O–H groups in total. The molecule has 0 radical (unpaired) electrons. The number of hydrogen-bond donors (Lipinski definition) is 1. The molecule has 5 heteroatoms. The Labute approximate surface area is 362 Å². The van der Waals surface area contributed by atoms with E-state index in [0.29, 0.717) is 5.84 Å². The Hall–Kier alpha value is -8.28. The fourth-order valence-electron chi connectivity index (χ4n) is 11.0. The highest BCUT2D eigenvalue weighted by Crippen LogP contribution is 2.63. The molecule has 5 nitrogen and oxygen atoms in total. The minimum Gasteiger partial charge on any atom is -0.456 e. The predicted molar refractivity (Wildman–Crippen MR) is 255 cm³/mol. The zero-order chi connectivity index (χ0) is 41.2. The van der Waals surface area contributed by atoms with E-state index in [1.807, 2.05) is 42.5 Å². The zero-order valence-electron chi connectivity index (χ0n) is 33.8. The zero-order valence-corrected chi connectivity index (χ0v) is 33.8. The van der Waals surface area contributed by atoms with Crippen LogP contribution in [0.2, 0.25) is 0 Å². The number of nitrogens with one attached hydrogen (secondary N) is 1. The number of aliphatic imine (C=N–C) groups is 2. The second-order valence-corrected chi connectivity index (χ2v) is 16.8. The van der Waals surface area contributed by atoms with Gasteiger partial charge in [0.2, 0.25) is 0 Å². The third-order valence-electron chi connectivity index (χ3n) is 13.6. The summed E-state index contributed by atoms with van der Waals surface area (Å²) >= 11 is 0. The molecule has 0 amide bonds. The van der Waals surface area contributed by atoms with Crippen molar-refractivity contribution in [3.05, 3.63) is 239 Å². The summed E-state index contributed by atoms with van der Waals surface area (Å²) in [4.78, 5) is 10.7. The highest BCUT2D eigenvalue weighted by Gasteiger charge is 2.51. The number of furan rings is 2. The molecule has 1 aliphatic heterocycles. The molecule has 0 fully saturated rings. The van der Waals surface area contributed by atoms with Crippen LogP contribution in [-0.4, -0.2) is 11.7 Å². The van der Waals surface area contributed by atoms with Gasteiger partial charge in [-0.25, -0.2) is 9.98 Å². The van der Waals surface area contributed by atoms with Crippen molar-refractivity contribution in [3.63, 3.8) is 0 Å². The van der Waals surface area contributed by atoms with Crippen LogP contribution >= 0.6 is 0 Å². The van der Waals surface area contributed by atoms with Gasteiger partial charge >= 0.3 is 0 Å². The predicted octanol–water partition coefficient (Wildman–Crippen LogP) is 14.0. The lowest BCUT2D eigenvalue weighted by molar-refractivity contribution is 0.667. The van der Waals surface area contributed by atoms with Crippen LogP contribution in [-0.2, 0) is 5.41 Å². The molecule has 1 unspecified atom stereocenters. The van der Waals surface area contributed by atoms with Gasteiger partial charge in [-0.05, 0) is 97.6 Å². The van der Waals surface area contributed by atoms with Gasteiger partial charge < -0.3 is 14.2 Å². The van der Waals surface area contributed by atoms with E-state index in [1.54, 1.807) is 0 Å². The quantitative estimate of drug-likeness (QED) is 0.193. The lowest BCUT2D eigenvalue weighted by Gasteiger charge is -2.30. The van der Waals surface area contributed by atoms with Crippen LogP contribution in [0.1, 0.15) is 45.1 Å². The van der Waals surface area contributed by atoms with E-state index < -0.39 is 5.41 Å². The van der Waals surface area contributed by atoms with Crippen molar-refractivity contribution in [2.45, 2.75) is 11.6 Å². The second-order valence-electron chi connectivity index (χ2n) is 16.8. The molecule has 2 aliphatic carbocycles. The monoisotopic (exact) mass is 805 g/mol. The van der Waals surface area contributed by atoms with E-state index in [-0.39, 0.29) is 6.17 Å². The summed E-state index contributed by atoms with van der Waals surface area (Å²) in [5.74, 6) is 1.37. The van der Waals surface area contributed by atoms with Gasteiger partial charge in [0.25, 0.3) is 0 Å². The van der Waals surface area contributed by atoms with E-state index in [2.05, 4.69) is 163 Å². The average Bonchev–Trinajstić information content (AvgIpc) is 4.09. The third-order valence-corrected chi connectivity index (χ3v) is 13.6. The molecule has 3 aliphatic rings. The summed E-state index contributed by atoms with van der Waals surface area (Å²) in [6, 6.07) is 71.5. The average molecular weight is 806 g/mol. The van der Waals surface area contributed by atoms with Crippen molar-refractivity contribution in [3.8, 4) is 33.4 Å². The maximum absolute atomic E-state index is 6.63. The van der Waals surface area contributed by atoms with Crippen LogP contribution in [0.4, 0.5) is 0 Å². The molecule has 14 rings (SSSR count). The van der Waals surface area contributed by atoms with Crippen LogP contribution in [0.15, 0.2) is 219 Å². The molecule has 0 saturated carbocycles. The Balaban J connectivity index is 0.958. The van der Waals surface area contributed by atoms with Crippen LogP contribution < -0.4 is 5.32 Å². The summed E-state index contributed by atoms with van der Waals surface area (Å²) in [7, 11) is 0. The molecule has 11 aromatic rings. The lowest BCUT2D eigenvalue weighted by atomic mass is 9.70. The first kappa shape index (κ1) is 34.4. The number of fused-ring (bicyclic) bond motifs is 16. The number of hydrogen-bond acceptors (Lipinski definition) is 5. The summed E-state index contributed by atoms with van der Waals surface area (Å²) in [5, 5.41) is 7.77. The standard InChI is InChI=1S/C58H35N3O2/c1-2-14-34(15-3-1)55-59-56(42-20-12-26-51-53(42)41-19-7-11-25-49(41)62-51)61-57(60-55)43-21-13-27-52-54(43)44-32-35(29-31-50(44)63-52)36-28-30-40-39-18-6-10-24-47(39)58(48(40)33-36)45-22-8-4-16-37(45)38-17-5-9-23-46(38)58/h1-33,55H,(H,59,60,61). The molecule has 63 heavy (non-hydrogen) atoms. The molecule has 2 aromatic heterocycles. The number of rotatable bonds is 4. The van der Waals surface area contributed by atoms with E-state index in [1.165, 1.54) is 44.5 Å². The van der Waals surface area contributed by atoms with Gasteiger partial charge in [0.1, 0.15) is 34.3 Å². The van der Waals surface area contributed by atoms with E-state index in [0.717, 1.165) is 77.5 Å². The number of nitrogens with zero attached hydrogens (tertiary/aromatic N) is 2. The highest BCUT2D eigenvalue weighted by molar-refractivity contribution is 6.25. The maximum Gasteiger partial charge on any atom is 0.160 e. The minimum absolute atomic E-state index is 0.375. The Kier molecular flexibility index (Phi) is 7.03. The Morgan fingerprint density at radius 1 is 0.397 bits per heavy atom. The molecule has 3 heterocycles. The summed E-state index contributed by atoms with van der Waals surface area (Å²) in [6.07, 6.45) is -0.375. The number of amidine groups is 2. The topological polar surface area (TPSA) is 63.0 Å². The van der Waals surface area contributed by atoms with Crippen molar-refractivity contribution in [2.75, 3.05) is 0 Å².